The topological polar surface area (TPSA) is 125 Å². The maximum atomic E-state index is 9.70. The molecule has 8 heteroatoms. The number of fused-ring (bicyclic) bond motifs is 2. The van der Waals surface area contributed by atoms with Crippen LogP contribution >= 0.6 is 0 Å². The molecule has 0 aliphatic carbocycles. The van der Waals surface area contributed by atoms with Gasteiger partial charge in [0.2, 0.25) is 0 Å². The van der Waals surface area contributed by atoms with Crippen LogP contribution in [0.4, 0.5) is 0 Å². The molecule has 14 aromatic rings. The fourth-order valence-electron chi connectivity index (χ4n) is 10.9. The van der Waals surface area contributed by atoms with E-state index in [9.17, 15) is 10.5 Å². The number of nitriles is 2. The zero-order valence-corrected chi connectivity index (χ0v) is 45.1. The fraction of sp³-hybridized carbons (Fsp3) is 0. The first-order valence-electron chi connectivity index (χ1n) is 27.6. The summed E-state index contributed by atoms with van der Waals surface area (Å²) in [5.41, 5.74) is 17.1. The molecule has 0 radical (unpaired) electrons. The summed E-state index contributed by atoms with van der Waals surface area (Å²) in [6.45, 7) is 0. The lowest BCUT2D eigenvalue weighted by Gasteiger charge is -2.14. The normalized spacial score (nSPS) is 11.1. The van der Waals surface area contributed by atoms with Gasteiger partial charge in [0, 0.05) is 33.4 Å². The van der Waals surface area contributed by atoms with Gasteiger partial charge in [0.1, 0.15) is 0 Å². The lowest BCUT2D eigenvalue weighted by Crippen LogP contribution is -2.00. The third kappa shape index (κ3) is 10.1. The highest BCUT2D eigenvalue weighted by Crippen LogP contribution is 2.39. The molecule has 12 aromatic carbocycles. The molecule has 0 aliphatic rings. The summed E-state index contributed by atoms with van der Waals surface area (Å²) >= 11 is 0. The molecule has 390 valence electrons. The summed E-state index contributed by atoms with van der Waals surface area (Å²) in [5, 5.41) is 23.7. The van der Waals surface area contributed by atoms with Crippen molar-refractivity contribution in [1.82, 2.24) is 29.9 Å². The Balaban J connectivity index is 0.788. The first kappa shape index (κ1) is 50.4. The molecule has 0 fully saturated rings. The van der Waals surface area contributed by atoms with Gasteiger partial charge in [-0.25, -0.2) is 29.9 Å². The molecule has 0 saturated carbocycles. The van der Waals surface area contributed by atoms with Gasteiger partial charge < -0.3 is 0 Å². The Morgan fingerprint density at radius 3 is 1.00 bits per heavy atom. The number of nitrogens with zero attached hydrogens (tertiary/aromatic N) is 8. The summed E-state index contributed by atoms with van der Waals surface area (Å²) < 4.78 is 0. The van der Waals surface area contributed by atoms with Gasteiger partial charge in [-0.1, -0.05) is 231 Å². The van der Waals surface area contributed by atoms with E-state index in [2.05, 4.69) is 158 Å². The van der Waals surface area contributed by atoms with Crippen LogP contribution in [-0.2, 0) is 0 Å². The molecule has 0 N–H and O–H groups in total. The van der Waals surface area contributed by atoms with Crippen LogP contribution in [0, 0.1) is 22.7 Å². The van der Waals surface area contributed by atoms with Crippen LogP contribution < -0.4 is 0 Å². The minimum Gasteiger partial charge on any atom is -0.208 e. The highest BCUT2D eigenvalue weighted by Gasteiger charge is 2.17. The third-order valence-electron chi connectivity index (χ3n) is 15.3. The lowest BCUT2D eigenvalue weighted by atomic mass is 9.90. The van der Waals surface area contributed by atoms with Crippen molar-refractivity contribution in [2.45, 2.75) is 0 Å². The van der Waals surface area contributed by atoms with Crippen molar-refractivity contribution in [1.29, 1.82) is 10.5 Å². The molecule has 84 heavy (non-hydrogen) atoms. The Bertz CT molecular complexity index is 4800. The number of hydrogen-bond donors (Lipinski definition) is 0. The summed E-state index contributed by atoms with van der Waals surface area (Å²) in [6.07, 6.45) is 0. The minimum absolute atomic E-state index is 0.566. The van der Waals surface area contributed by atoms with Crippen LogP contribution in [0.1, 0.15) is 11.1 Å². The standard InChI is InChI=1S/C76H46N8/c77-47-49-22-24-54(25-23-49)70-46-65(45-66-44-62(39-41-69(66)70)52-28-34-58(35-29-52)74-80-71(55-13-4-1-5-14-55)79-72(81-74)56-15-6-2-7-16-56)53-30-36-60(37-31-53)76-83-73(57-17-8-3-9-18-57)82-75(84-76)59-32-26-51(27-33-59)61-38-40-68-64(43-61)20-11-21-67(68)63-19-10-12-50(42-63)48-78/h1-46H. The van der Waals surface area contributed by atoms with Crippen molar-refractivity contribution in [3.63, 3.8) is 0 Å². The van der Waals surface area contributed by atoms with Gasteiger partial charge in [0.05, 0.1) is 23.3 Å². The second-order valence-electron chi connectivity index (χ2n) is 20.5. The Hall–Kier alpha value is -11.8. The van der Waals surface area contributed by atoms with Crippen LogP contribution in [0.5, 0.6) is 0 Å². The molecule has 2 aromatic heterocycles. The summed E-state index contributed by atoms with van der Waals surface area (Å²) in [7, 11) is 0. The molecule has 14 rings (SSSR count). The van der Waals surface area contributed by atoms with Crippen molar-refractivity contribution < 1.29 is 0 Å². The predicted molar refractivity (Wildman–Crippen MR) is 337 cm³/mol. The minimum atomic E-state index is 0.566. The van der Waals surface area contributed by atoms with Crippen molar-refractivity contribution in [2.75, 3.05) is 0 Å². The first-order chi connectivity index (χ1) is 41.5. The molecule has 8 nitrogen and oxygen atoms in total. The lowest BCUT2D eigenvalue weighted by molar-refractivity contribution is 1.07. The summed E-state index contributed by atoms with van der Waals surface area (Å²) in [4.78, 5) is 30.0. The Morgan fingerprint density at radius 2 is 0.548 bits per heavy atom. The van der Waals surface area contributed by atoms with E-state index in [1.165, 1.54) is 0 Å². The number of benzene rings is 12. The molecule has 0 spiro atoms. The molecule has 2 heterocycles. The second-order valence-corrected chi connectivity index (χ2v) is 20.5. The summed E-state index contributed by atoms with van der Waals surface area (Å²) in [5.74, 6) is 3.56. The molecule has 0 bridgehead atoms. The Kier molecular flexibility index (Phi) is 13.2. The van der Waals surface area contributed by atoms with Gasteiger partial charge in [0.15, 0.2) is 34.9 Å². The highest BCUT2D eigenvalue weighted by molar-refractivity contribution is 6.02. The molecular weight excluding hydrogens is 1020 g/mol. The molecular formula is C76H46N8. The van der Waals surface area contributed by atoms with Crippen molar-refractivity contribution in [3.05, 3.63) is 290 Å². The smallest absolute Gasteiger partial charge is 0.164 e. The van der Waals surface area contributed by atoms with E-state index in [1.54, 1.807) is 0 Å². The first-order valence-corrected chi connectivity index (χ1v) is 27.6. The van der Waals surface area contributed by atoms with Gasteiger partial charge in [-0.15, -0.1) is 0 Å². The molecule has 0 unspecified atom stereocenters. The van der Waals surface area contributed by atoms with Gasteiger partial charge in [0.25, 0.3) is 0 Å². The van der Waals surface area contributed by atoms with E-state index in [0.29, 0.717) is 46.1 Å². The van der Waals surface area contributed by atoms with Gasteiger partial charge >= 0.3 is 0 Å². The maximum Gasteiger partial charge on any atom is 0.164 e. The van der Waals surface area contributed by atoms with Crippen LogP contribution in [0.15, 0.2) is 279 Å². The molecule has 0 amide bonds. The van der Waals surface area contributed by atoms with E-state index in [0.717, 1.165) is 111 Å². The quantitative estimate of drug-likeness (QED) is 0.125. The average molecular weight is 1070 g/mol. The second kappa shape index (κ2) is 22.0. The monoisotopic (exact) mass is 1070 g/mol. The third-order valence-corrected chi connectivity index (χ3v) is 15.3. The van der Waals surface area contributed by atoms with Crippen molar-refractivity contribution in [2.24, 2.45) is 0 Å². The van der Waals surface area contributed by atoms with Gasteiger partial charge in [-0.05, 0) is 126 Å². The van der Waals surface area contributed by atoms with E-state index in [1.807, 2.05) is 133 Å². The van der Waals surface area contributed by atoms with Crippen molar-refractivity contribution >= 4 is 21.5 Å². The van der Waals surface area contributed by atoms with Crippen LogP contribution in [0.2, 0.25) is 0 Å². The fourth-order valence-corrected chi connectivity index (χ4v) is 10.9. The van der Waals surface area contributed by atoms with E-state index < -0.39 is 0 Å². The van der Waals surface area contributed by atoms with E-state index in [4.69, 9.17) is 29.9 Å². The van der Waals surface area contributed by atoms with Crippen LogP contribution in [-0.4, -0.2) is 29.9 Å². The maximum absolute atomic E-state index is 9.70. The number of aromatic nitrogens is 6. The predicted octanol–water partition coefficient (Wildman–Crippen LogP) is 18.4. The Morgan fingerprint density at radius 1 is 0.202 bits per heavy atom. The largest absolute Gasteiger partial charge is 0.208 e. The summed E-state index contributed by atoms with van der Waals surface area (Å²) in [6, 6.07) is 99.3. The van der Waals surface area contributed by atoms with Gasteiger partial charge in [-0.2, -0.15) is 10.5 Å². The van der Waals surface area contributed by atoms with Gasteiger partial charge in [-0.3, -0.25) is 0 Å². The highest BCUT2D eigenvalue weighted by atomic mass is 15.0. The number of rotatable bonds is 11. The number of hydrogen-bond acceptors (Lipinski definition) is 8. The molecule has 0 aliphatic heterocycles. The Labute approximate surface area is 485 Å². The SMILES string of the molecule is N#Cc1ccc(-c2cc(-c3ccc(-c4nc(-c5ccccc5)nc(-c5ccc(-c6ccc7c(-c8cccc(C#N)c8)cccc7c6)cc5)n4)cc3)cc3cc(-c4ccc(-c5nc(-c6ccccc6)nc(-c6ccccc6)n5)cc4)ccc23)cc1. The van der Waals surface area contributed by atoms with Crippen LogP contribution in [0.25, 0.3) is 146 Å². The zero-order valence-electron chi connectivity index (χ0n) is 45.1. The van der Waals surface area contributed by atoms with Crippen LogP contribution in [0.3, 0.4) is 0 Å². The zero-order chi connectivity index (χ0) is 56.3. The van der Waals surface area contributed by atoms with E-state index >= 15 is 0 Å². The molecule has 0 atom stereocenters. The van der Waals surface area contributed by atoms with E-state index in [-0.39, 0.29) is 0 Å². The average Bonchev–Trinajstić information content (AvgIpc) is 3.65. The molecule has 0 saturated heterocycles. The van der Waals surface area contributed by atoms with Crippen molar-refractivity contribution in [3.8, 4) is 136 Å².